The maximum atomic E-state index is 13.2. The van der Waals surface area contributed by atoms with Gasteiger partial charge in [0.25, 0.3) is 0 Å². The van der Waals surface area contributed by atoms with Crippen LogP contribution in [0.25, 0.3) is 33.6 Å². The van der Waals surface area contributed by atoms with E-state index in [0.717, 1.165) is 34.0 Å². The van der Waals surface area contributed by atoms with E-state index < -0.39 is 5.82 Å². The molecule has 38 heavy (non-hydrogen) atoms. The summed E-state index contributed by atoms with van der Waals surface area (Å²) in [7, 11) is 1.84. The lowest BCUT2D eigenvalue weighted by Crippen LogP contribution is -2.27. The molecule has 12 heteroatoms. The van der Waals surface area contributed by atoms with Gasteiger partial charge in [-0.2, -0.15) is 20.6 Å². The Morgan fingerprint density at radius 2 is 1.89 bits per heavy atom. The zero-order valence-corrected chi connectivity index (χ0v) is 20.0. The van der Waals surface area contributed by atoms with Crippen LogP contribution in [0.15, 0.2) is 80.0 Å². The van der Waals surface area contributed by atoms with Gasteiger partial charge in [-0.1, -0.05) is 6.07 Å². The van der Waals surface area contributed by atoms with Crippen LogP contribution in [0.2, 0.25) is 0 Å². The van der Waals surface area contributed by atoms with Crippen molar-refractivity contribution < 1.29 is 9.18 Å². The van der Waals surface area contributed by atoms with Crippen LogP contribution >= 0.6 is 0 Å². The number of pyridine rings is 2. The summed E-state index contributed by atoms with van der Waals surface area (Å²) in [5.41, 5.74) is 5.15. The van der Waals surface area contributed by atoms with Crippen molar-refractivity contribution in [3.05, 3.63) is 97.0 Å². The number of aryl methyl sites for hydroxylation is 1. The molecule has 1 N–H and O–H groups in total. The van der Waals surface area contributed by atoms with E-state index in [2.05, 4.69) is 31.7 Å². The highest BCUT2D eigenvalue weighted by molar-refractivity contribution is 5.88. The van der Waals surface area contributed by atoms with Crippen molar-refractivity contribution in [2.24, 2.45) is 7.05 Å². The van der Waals surface area contributed by atoms with Crippen LogP contribution in [0.1, 0.15) is 11.1 Å². The quantitative estimate of drug-likeness (QED) is 0.381. The molecule has 0 aliphatic carbocycles. The van der Waals surface area contributed by atoms with Crippen LogP contribution in [-0.2, 0) is 13.6 Å². The largest absolute Gasteiger partial charge is 0.333 e. The van der Waals surface area contributed by atoms with Crippen molar-refractivity contribution in [3.8, 4) is 34.1 Å². The summed E-state index contributed by atoms with van der Waals surface area (Å²) in [6, 6.07) is 9.12. The number of halogens is 1. The van der Waals surface area contributed by atoms with Gasteiger partial charge >= 0.3 is 6.03 Å². The third-order valence-corrected chi connectivity index (χ3v) is 6.05. The van der Waals surface area contributed by atoms with Gasteiger partial charge in [-0.15, -0.1) is 0 Å². The number of nitrogens with zero attached hydrogens (tertiary/aromatic N) is 9. The maximum Gasteiger partial charge on any atom is 0.325 e. The summed E-state index contributed by atoms with van der Waals surface area (Å²) in [4.78, 5) is 17.1. The zero-order chi connectivity index (χ0) is 26.2. The lowest BCUT2D eigenvalue weighted by atomic mass is 10.0. The van der Waals surface area contributed by atoms with Crippen LogP contribution in [0.5, 0.6) is 0 Å². The van der Waals surface area contributed by atoms with Crippen LogP contribution < -0.4 is 5.32 Å². The summed E-state index contributed by atoms with van der Waals surface area (Å²) < 4.78 is 19.3. The van der Waals surface area contributed by atoms with E-state index in [9.17, 15) is 14.4 Å². The average Bonchev–Trinajstić information content (AvgIpc) is 3.74. The predicted molar refractivity (Wildman–Crippen MR) is 134 cm³/mol. The van der Waals surface area contributed by atoms with Gasteiger partial charge in [0.05, 0.1) is 35.9 Å². The number of rotatable bonds is 5. The first-order valence-electron chi connectivity index (χ1n) is 11.5. The minimum absolute atomic E-state index is 0.245. The Morgan fingerprint density at radius 1 is 1.00 bits per heavy atom. The lowest BCUT2D eigenvalue weighted by molar-refractivity contribution is 0.242. The van der Waals surface area contributed by atoms with Crippen LogP contribution in [-0.4, -0.2) is 44.8 Å². The normalized spacial score (nSPS) is 11.1. The van der Waals surface area contributed by atoms with Crippen molar-refractivity contribution in [1.82, 2.24) is 44.0 Å². The summed E-state index contributed by atoms with van der Waals surface area (Å²) in [5.74, 6) is 0.0197. The monoisotopic (exact) mass is 506 g/mol. The molecular weight excluding hydrogens is 487 g/mol. The molecule has 6 rings (SSSR count). The van der Waals surface area contributed by atoms with Crippen molar-refractivity contribution >= 4 is 11.5 Å². The molecule has 186 valence electrons. The van der Waals surface area contributed by atoms with Crippen LogP contribution in [0, 0.1) is 17.1 Å². The smallest absolute Gasteiger partial charge is 0.325 e. The van der Waals surface area contributed by atoms with Gasteiger partial charge in [0.2, 0.25) is 0 Å². The first kappa shape index (κ1) is 22.9. The SMILES string of the molecule is Cn1cc(-c2cc(-c3ccn(C(=O)NCc4ccc(-n5cc(F)cn5)nc4)c3)c3c(C#N)cnn3c2)cn1. The second kappa shape index (κ2) is 9.14. The Bertz CT molecular complexity index is 1830. The average molecular weight is 507 g/mol. The Morgan fingerprint density at radius 3 is 2.61 bits per heavy atom. The Hall–Kier alpha value is -5.57. The van der Waals surface area contributed by atoms with E-state index in [0.29, 0.717) is 16.9 Å². The van der Waals surface area contributed by atoms with Gasteiger partial charge in [-0.05, 0) is 23.8 Å². The Balaban J connectivity index is 1.24. The number of carbonyl (C=O) groups excluding carboxylic acids is 1. The number of nitriles is 1. The second-order valence-corrected chi connectivity index (χ2v) is 8.60. The van der Waals surface area contributed by atoms with Crippen molar-refractivity contribution in [2.45, 2.75) is 6.54 Å². The van der Waals surface area contributed by atoms with Gasteiger partial charge in [-0.25, -0.2) is 23.4 Å². The molecule has 0 aliphatic heterocycles. The molecule has 6 heterocycles. The van der Waals surface area contributed by atoms with Crippen molar-refractivity contribution in [3.63, 3.8) is 0 Å². The number of fused-ring (bicyclic) bond motifs is 1. The van der Waals surface area contributed by atoms with E-state index in [4.69, 9.17) is 0 Å². The van der Waals surface area contributed by atoms with E-state index in [1.165, 1.54) is 21.6 Å². The number of amides is 1. The summed E-state index contributed by atoms with van der Waals surface area (Å²) in [5, 5.41) is 25.0. The molecule has 0 aliphatic rings. The highest BCUT2D eigenvalue weighted by atomic mass is 19.1. The topological polar surface area (TPSA) is 124 Å². The summed E-state index contributed by atoms with van der Waals surface area (Å²) in [6.45, 7) is 0.245. The molecule has 0 saturated carbocycles. The molecule has 0 fully saturated rings. The van der Waals surface area contributed by atoms with E-state index in [1.807, 2.05) is 31.6 Å². The van der Waals surface area contributed by atoms with Crippen molar-refractivity contribution in [1.29, 1.82) is 5.26 Å². The molecule has 1 amide bonds. The second-order valence-electron chi connectivity index (χ2n) is 8.60. The fraction of sp³-hybridized carbons (Fsp3) is 0.0769. The number of carbonyl (C=O) groups is 1. The molecule has 0 atom stereocenters. The first-order valence-corrected chi connectivity index (χ1v) is 11.5. The lowest BCUT2D eigenvalue weighted by Gasteiger charge is -2.08. The van der Waals surface area contributed by atoms with Crippen LogP contribution in [0.4, 0.5) is 9.18 Å². The third kappa shape index (κ3) is 4.18. The van der Waals surface area contributed by atoms with E-state index >= 15 is 0 Å². The molecule has 0 unspecified atom stereocenters. The molecular formula is C26H19FN10O. The fourth-order valence-electron chi connectivity index (χ4n) is 4.19. The van der Waals surface area contributed by atoms with E-state index in [-0.39, 0.29) is 12.6 Å². The molecule has 11 nitrogen and oxygen atoms in total. The van der Waals surface area contributed by atoms with E-state index in [1.54, 1.807) is 46.1 Å². The number of nitrogens with one attached hydrogen (secondary N) is 1. The maximum absolute atomic E-state index is 13.2. The third-order valence-electron chi connectivity index (χ3n) is 6.05. The molecule has 0 spiro atoms. The predicted octanol–water partition coefficient (Wildman–Crippen LogP) is 3.55. The first-order chi connectivity index (χ1) is 18.5. The standard InChI is InChI=1S/C26H19FN10O/c1-34-13-21(11-31-34)19-6-23(25-20(7-28)10-32-37(25)15-19)18-4-5-35(14-18)26(38)30-9-17-2-3-24(29-8-17)36-16-22(27)12-33-36/h2-6,8,10-16H,9H2,1H3,(H,30,38). The van der Waals surface area contributed by atoms with Crippen LogP contribution in [0.3, 0.4) is 0 Å². The molecule has 0 bridgehead atoms. The minimum atomic E-state index is -0.448. The zero-order valence-electron chi connectivity index (χ0n) is 20.0. The summed E-state index contributed by atoms with van der Waals surface area (Å²) >= 11 is 0. The van der Waals surface area contributed by atoms with Gasteiger partial charge in [-0.3, -0.25) is 9.25 Å². The highest BCUT2D eigenvalue weighted by Crippen LogP contribution is 2.32. The molecule has 0 saturated heterocycles. The molecule has 6 aromatic heterocycles. The number of hydrogen-bond acceptors (Lipinski definition) is 6. The molecule has 6 aromatic rings. The van der Waals surface area contributed by atoms with Crippen molar-refractivity contribution in [2.75, 3.05) is 0 Å². The Kier molecular flexibility index (Phi) is 5.50. The van der Waals surface area contributed by atoms with Gasteiger partial charge in [0.1, 0.15) is 6.07 Å². The van der Waals surface area contributed by atoms with Gasteiger partial charge in [0.15, 0.2) is 11.6 Å². The number of aromatic nitrogens is 8. The highest BCUT2D eigenvalue weighted by Gasteiger charge is 2.16. The summed E-state index contributed by atoms with van der Waals surface area (Å²) in [6.07, 6.45) is 14.3. The fourth-order valence-corrected chi connectivity index (χ4v) is 4.19. The van der Waals surface area contributed by atoms with Gasteiger partial charge < -0.3 is 5.32 Å². The van der Waals surface area contributed by atoms with Gasteiger partial charge in [0, 0.05) is 66.8 Å². The Labute approximate surface area is 215 Å². The molecule has 0 radical (unpaired) electrons. The minimum Gasteiger partial charge on any atom is -0.333 e. The molecule has 0 aromatic carbocycles. The number of hydrogen-bond donors (Lipinski definition) is 1.